The van der Waals surface area contributed by atoms with Gasteiger partial charge in [0.15, 0.2) is 5.76 Å². The van der Waals surface area contributed by atoms with Crippen LogP contribution in [-0.2, 0) is 9.63 Å². The van der Waals surface area contributed by atoms with Crippen LogP contribution in [0.1, 0.15) is 45.1 Å². The molecule has 1 heterocycles. The Morgan fingerprint density at radius 2 is 2.00 bits per heavy atom. The number of carbonyl (C=O) groups excluding carboxylic acids is 1. The average Bonchev–Trinajstić information content (AvgIpc) is 3.33. The molecule has 0 N–H and O–H groups in total. The summed E-state index contributed by atoms with van der Waals surface area (Å²) in [5, 5.41) is 5.35. The lowest BCUT2D eigenvalue weighted by molar-refractivity contribution is -0.217. The summed E-state index contributed by atoms with van der Waals surface area (Å²) in [6.07, 6.45) is 2.89. The maximum atomic E-state index is 11.1. The highest BCUT2D eigenvalue weighted by Gasteiger charge is 2.34. The molecular formula is C19H24N2O4. The number of amides is 1. The molecule has 0 aliphatic heterocycles. The van der Waals surface area contributed by atoms with Crippen molar-refractivity contribution >= 4 is 6.41 Å². The highest BCUT2D eigenvalue weighted by Crippen LogP contribution is 2.48. The predicted molar refractivity (Wildman–Crippen MR) is 93.0 cm³/mol. The molecule has 1 amide bonds. The summed E-state index contributed by atoms with van der Waals surface area (Å²) in [7, 11) is 0. The van der Waals surface area contributed by atoms with E-state index in [0.717, 1.165) is 29.7 Å². The molecule has 1 aromatic carbocycles. The minimum Gasteiger partial charge on any atom is -0.473 e. The highest BCUT2D eigenvalue weighted by atomic mass is 16.7. The average molecular weight is 344 g/mol. The molecule has 6 nitrogen and oxygen atoms in total. The van der Waals surface area contributed by atoms with Gasteiger partial charge in [-0.3, -0.25) is 9.63 Å². The first-order valence-electron chi connectivity index (χ1n) is 8.57. The van der Waals surface area contributed by atoms with E-state index >= 15 is 0 Å². The van der Waals surface area contributed by atoms with Crippen LogP contribution < -0.4 is 4.74 Å². The molecule has 0 unspecified atom stereocenters. The van der Waals surface area contributed by atoms with Crippen LogP contribution in [0.4, 0.5) is 0 Å². The zero-order chi connectivity index (χ0) is 17.9. The standard InChI is InChI=1S/C19H24N2O4/c1-19(2,3)25-21(13-22)11-12-23-18-16(14-9-10-14)17(24-20-18)15-7-5-4-6-8-15/h4-8,13-14H,9-12H2,1-3H3. The number of hydrogen-bond acceptors (Lipinski definition) is 5. The third kappa shape index (κ3) is 4.60. The molecular weight excluding hydrogens is 320 g/mol. The summed E-state index contributed by atoms with van der Waals surface area (Å²) in [6, 6.07) is 9.92. The van der Waals surface area contributed by atoms with Crippen LogP contribution in [0.15, 0.2) is 34.9 Å². The van der Waals surface area contributed by atoms with Gasteiger partial charge in [-0.2, -0.15) is 0 Å². The van der Waals surface area contributed by atoms with Gasteiger partial charge < -0.3 is 9.26 Å². The van der Waals surface area contributed by atoms with E-state index in [0.29, 0.717) is 24.8 Å². The van der Waals surface area contributed by atoms with Crippen LogP contribution in [0.25, 0.3) is 11.3 Å². The van der Waals surface area contributed by atoms with E-state index in [1.54, 1.807) is 0 Å². The first-order chi connectivity index (χ1) is 12.0. The molecule has 1 fully saturated rings. The molecule has 25 heavy (non-hydrogen) atoms. The first kappa shape index (κ1) is 17.5. The molecule has 3 rings (SSSR count). The second-order valence-corrected chi connectivity index (χ2v) is 7.17. The van der Waals surface area contributed by atoms with Gasteiger partial charge in [0.05, 0.1) is 17.7 Å². The van der Waals surface area contributed by atoms with Crippen molar-refractivity contribution in [2.45, 2.75) is 45.1 Å². The molecule has 0 spiro atoms. The number of ether oxygens (including phenoxy) is 1. The number of hydroxylamine groups is 2. The van der Waals surface area contributed by atoms with Gasteiger partial charge in [0.1, 0.15) is 6.61 Å². The van der Waals surface area contributed by atoms with Crippen LogP contribution in [0.2, 0.25) is 0 Å². The lowest BCUT2D eigenvalue weighted by atomic mass is 10.1. The summed E-state index contributed by atoms with van der Waals surface area (Å²) in [5.74, 6) is 1.73. The van der Waals surface area contributed by atoms with Crippen LogP contribution >= 0.6 is 0 Å². The van der Waals surface area contributed by atoms with E-state index in [1.807, 2.05) is 51.1 Å². The van der Waals surface area contributed by atoms with Crippen molar-refractivity contribution in [3.05, 3.63) is 35.9 Å². The maximum Gasteiger partial charge on any atom is 0.258 e. The highest BCUT2D eigenvalue weighted by molar-refractivity contribution is 5.64. The van der Waals surface area contributed by atoms with Crippen molar-refractivity contribution < 1.29 is 18.9 Å². The fraction of sp³-hybridized carbons (Fsp3) is 0.474. The third-order valence-electron chi connectivity index (χ3n) is 3.78. The lowest BCUT2D eigenvalue weighted by Gasteiger charge is -2.26. The van der Waals surface area contributed by atoms with E-state index in [-0.39, 0.29) is 6.61 Å². The SMILES string of the molecule is CC(C)(C)ON(C=O)CCOc1noc(-c2ccccc2)c1C1CC1. The first-order valence-corrected chi connectivity index (χ1v) is 8.57. The quantitative estimate of drug-likeness (QED) is 0.538. The Hall–Kier alpha value is -2.34. The minimum atomic E-state index is -0.436. The molecule has 0 bridgehead atoms. The summed E-state index contributed by atoms with van der Waals surface area (Å²) in [4.78, 5) is 16.6. The summed E-state index contributed by atoms with van der Waals surface area (Å²) in [6.45, 7) is 6.27. The van der Waals surface area contributed by atoms with Crippen molar-refractivity contribution in [2.75, 3.05) is 13.2 Å². The van der Waals surface area contributed by atoms with Gasteiger partial charge in [-0.1, -0.05) is 30.3 Å². The molecule has 134 valence electrons. The molecule has 0 atom stereocenters. The lowest BCUT2D eigenvalue weighted by Crippen LogP contribution is -2.35. The Balaban J connectivity index is 1.67. The third-order valence-corrected chi connectivity index (χ3v) is 3.78. The van der Waals surface area contributed by atoms with Gasteiger partial charge in [-0.25, -0.2) is 5.06 Å². The zero-order valence-electron chi connectivity index (χ0n) is 14.9. The van der Waals surface area contributed by atoms with E-state index in [1.165, 1.54) is 5.06 Å². The summed E-state index contributed by atoms with van der Waals surface area (Å²) >= 11 is 0. The van der Waals surface area contributed by atoms with Gasteiger partial charge >= 0.3 is 0 Å². The summed E-state index contributed by atoms with van der Waals surface area (Å²) in [5.41, 5.74) is 1.59. The number of carbonyl (C=O) groups is 1. The van der Waals surface area contributed by atoms with E-state index in [2.05, 4.69) is 5.16 Å². The Labute approximate surface area is 147 Å². The van der Waals surface area contributed by atoms with Gasteiger partial charge in [0.25, 0.3) is 5.88 Å². The molecule has 0 radical (unpaired) electrons. The molecule has 1 aliphatic rings. The van der Waals surface area contributed by atoms with Crippen LogP contribution in [-0.4, -0.2) is 35.4 Å². The van der Waals surface area contributed by atoms with E-state index in [4.69, 9.17) is 14.1 Å². The Morgan fingerprint density at radius 1 is 1.28 bits per heavy atom. The number of nitrogens with zero attached hydrogens (tertiary/aromatic N) is 2. The van der Waals surface area contributed by atoms with Gasteiger partial charge in [-0.15, -0.1) is 0 Å². The number of rotatable bonds is 8. The van der Waals surface area contributed by atoms with Crippen LogP contribution in [0.5, 0.6) is 5.88 Å². The largest absolute Gasteiger partial charge is 0.473 e. The molecule has 1 aromatic heterocycles. The van der Waals surface area contributed by atoms with E-state index < -0.39 is 5.60 Å². The van der Waals surface area contributed by atoms with Crippen molar-refractivity contribution in [2.24, 2.45) is 0 Å². The summed E-state index contributed by atoms with van der Waals surface area (Å²) < 4.78 is 11.4. The fourth-order valence-electron chi connectivity index (χ4n) is 2.62. The second kappa shape index (κ2) is 7.27. The zero-order valence-corrected chi connectivity index (χ0v) is 14.9. The van der Waals surface area contributed by atoms with Crippen molar-refractivity contribution in [1.29, 1.82) is 0 Å². The Morgan fingerprint density at radius 3 is 2.60 bits per heavy atom. The van der Waals surface area contributed by atoms with Gasteiger partial charge in [0, 0.05) is 5.56 Å². The predicted octanol–water partition coefficient (Wildman–Crippen LogP) is 3.79. The number of hydrogen-bond donors (Lipinski definition) is 0. The van der Waals surface area contributed by atoms with E-state index in [9.17, 15) is 4.79 Å². The van der Waals surface area contributed by atoms with Gasteiger partial charge in [0.2, 0.25) is 6.41 Å². The molecule has 6 heteroatoms. The molecule has 1 aliphatic carbocycles. The molecule has 2 aromatic rings. The Bertz CT molecular complexity index is 702. The Kier molecular flexibility index (Phi) is 5.08. The topological polar surface area (TPSA) is 64.8 Å². The van der Waals surface area contributed by atoms with Crippen LogP contribution in [0, 0.1) is 0 Å². The molecule has 1 saturated carbocycles. The normalized spacial score (nSPS) is 14.4. The smallest absolute Gasteiger partial charge is 0.258 e. The minimum absolute atomic E-state index is 0.287. The molecule has 0 saturated heterocycles. The van der Waals surface area contributed by atoms with Crippen molar-refractivity contribution in [1.82, 2.24) is 10.2 Å². The monoisotopic (exact) mass is 344 g/mol. The maximum absolute atomic E-state index is 11.1. The van der Waals surface area contributed by atoms with Crippen molar-refractivity contribution in [3.8, 4) is 17.2 Å². The second-order valence-electron chi connectivity index (χ2n) is 7.17. The fourth-order valence-corrected chi connectivity index (χ4v) is 2.62. The van der Waals surface area contributed by atoms with Gasteiger partial charge in [-0.05, 0) is 44.7 Å². The number of aromatic nitrogens is 1. The number of benzene rings is 1. The van der Waals surface area contributed by atoms with Crippen molar-refractivity contribution in [3.63, 3.8) is 0 Å². The van der Waals surface area contributed by atoms with Crippen LogP contribution in [0.3, 0.4) is 0 Å².